The van der Waals surface area contributed by atoms with Gasteiger partial charge in [0.15, 0.2) is 0 Å². The van der Waals surface area contributed by atoms with E-state index in [0.29, 0.717) is 0 Å². The first kappa shape index (κ1) is 19.5. The van der Waals surface area contributed by atoms with E-state index >= 15 is 0 Å². The molecule has 1 aliphatic rings. The van der Waals surface area contributed by atoms with Crippen LogP contribution in [0.1, 0.15) is 86.0 Å². The summed E-state index contributed by atoms with van der Waals surface area (Å²) in [6, 6.07) is 0. The highest BCUT2D eigenvalue weighted by Crippen LogP contribution is 2.36. The van der Waals surface area contributed by atoms with Crippen LogP contribution in [-0.2, 0) is 15.9 Å². The van der Waals surface area contributed by atoms with Crippen molar-refractivity contribution in [2.24, 2.45) is 0 Å². The van der Waals surface area contributed by atoms with Gasteiger partial charge in [-0.05, 0) is 34.1 Å². The standard InChI is InChI=1S/C19H35BN2O2/c1-6-7-8-9-10-11-12-13-14-22-16-17(15-21-22)20-23-18(2,3)19(4,5)24-20/h15-16H,6-14H2,1-5H3. The van der Waals surface area contributed by atoms with Crippen molar-refractivity contribution in [1.29, 1.82) is 0 Å². The number of rotatable bonds is 10. The molecule has 136 valence electrons. The van der Waals surface area contributed by atoms with Crippen LogP contribution in [0.25, 0.3) is 0 Å². The monoisotopic (exact) mass is 334 g/mol. The molecule has 2 rings (SSSR count). The Kier molecular flexibility index (Phi) is 6.93. The van der Waals surface area contributed by atoms with Crippen LogP contribution >= 0.6 is 0 Å². The summed E-state index contributed by atoms with van der Waals surface area (Å²) in [5.74, 6) is 0. The fraction of sp³-hybridized carbons (Fsp3) is 0.842. The Morgan fingerprint density at radius 3 is 2.04 bits per heavy atom. The van der Waals surface area contributed by atoms with Gasteiger partial charge in [-0.15, -0.1) is 0 Å². The molecule has 1 fully saturated rings. The average molecular weight is 334 g/mol. The molecule has 0 N–H and O–H groups in total. The first-order chi connectivity index (χ1) is 11.4. The molecule has 0 bridgehead atoms. The second kappa shape index (κ2) is 8.53. The maximum atomic E-state index is 6.08. The SMILES string of the molecule is CCCCCCCCCCn1cc(B2OC(C)(C)C(C)(C)O2)cn1. The van der Waals surface area contributed by atoms with Crippen LogP contribution in [0.5, 0.6) is 0 Å². The van der Waals surface area contributed by atoms with Gasteiger partial charge in [0.1, 0.15) is 0 Å². The van der Waals surface area contributed by atoms with Crippen molar-refractivity contribution in [1.82, 2.24) is 9.78 Å². The molecule has 0 spiro atoms. The first-order valence-corrected chi connectivity index (χ1v) is 9.74. The molecule has 1 aliphatic heterocycles. The van der Waals surface area contributed by atoms with E-state index < -0.39 is 0 Å². The number of aromatic nitrogens is 2. The lowest BCUT2D eigenvalue weighted by Crippen LogP contribution is -2.41. The highest BCUT2D eigenvalue weighted by molar-refractivity contribution is 6.61. The van der Waals surface area contributed by atoms with Gasteiger partial charge < -0.3 is 9.31 Å². The highest BCUT2D eigenvalue weighted by atomic mass is 16.7. The average Bonchev–Trinajstić information content (AvgIpc) is 3.05. The van der Waals surface area contributed by atoms with E-state index in [2.05, 4.69) is 45.9 Å². The maximum Gasteiger partial charge on any atom is 0.498 e. The molecule has 0 aromatic carbocycles. The smallest absolute Gasteiger partial charge is 0.399 e. The first-order valence-electron chi connectivity index (χ1n) is 9.74. The van der Waals surface area contributed by atoms with Crippen LogP contribution in [0, 0.1) is 0 Å². The summed E-state index contributed by atoms with van der Waals surface area (Å²) in [6.07, 6.45) is 14.6. The molecule has 1 aromatic heterocycles. The maximum absolute atomic E-state index is 6.08. The summed E-state index contributed by atoms with van der Waals surface area (Å²) in [7, 11) is -0.303. The van der Waals surface area contributed by atoms with Gasteiger partial charge in [0.05, 0.1) is 11.2 Å². The Bertz CT molecular complexity index is 483. The van der Waals surface area contributed by atoms with Gasteiger partial charge in [-0.1, -0.05) is 51.9 Å². The van der Waals surface area contributed by atoms with Gasteiger partial charge in [0.2, 0.25) is 0 Å². The van der Waals surface area contributed by atoms with Crippen LogP contribution in [0.3, 0.4) is 0 Å². The quantitative estimate of drug-likeness (QED) is 0.472. The van der Waals surface area contributed by atoms with E-state index in [0.717, 1.165) is 12.0 Å². The van der Waals surface area contributed by atoms with Crippen LogP contribution in [0.2, 0.25) is 0 Å². The third-order valence-corrected chi connectivity index (χ3v) is 5.42. The summed E-state index contributed by atoms with van der Waals surface area (Å²) < 4.78 is 14.2. The van der Waals surface area contributed by atoms with Gasteiger partial charge in [-0.25, -0.2) is 0 Å². The fourth-order valence-corrected chi connectivity index (χ4v) is 3.01. The van der Waals surface area contributed by atoms with Crippen molar-refractivity contribution in [2.45, 2.75) is 104 Å². The number of aryl methyl sites for hydroxylation is 1. The van der Waals surface area contributed by atoms with Gasteiger partial charge in [0.25, 0.3) is 0 Å². The second-order valence-corrected chi connectivity index (χ2v) is 8.10. The Morgan fingerprint density at radius 1 is 0.917 bits per heavy atom. The van der Waals surface area contributed by atoms with Crippen LogP contribution in [0.4, 0.5) is 0 Å². The molecule has 0 saturated carbocycles. The van der Waals surface area contributed by atoms with Crippen LogP contribution in [0.15, 0.2) is 12.4 Å². The van der Waals surface area contributed by atoms with Crippen LogP contribution < -0.4 is 5.46 Å². The van der Waals surface area contributed by atoms with Gasteiger partial charge >= 0.3 is 7.12 Å². The second-order valence-electron chi connectivity index (χ2n) is 8.10. The lowest BCUT2D eigenvalue weighted by atomic mass is 9.82. The number of nitrogens with zero attached hydrogens (tertiary/aromatic N) is 2. The minimum Gasteiger partial charge on any atom is -0.399 e. The Balaban J connectivity index is 1.69. The van der Waals surface area contributed by atoms with Crippen molar-refractivity contribution < 1.29 is 9.31 Å². The van der Waals surface area contributed by atoms with Crippen molar-refractivity contribution in [3.63, 3.8) is 0 Å². The van der Waals surface area contributed by atoms with E-state index in [4.69, 9.17) is 9.31 Å². The van der Waals surface area contributed by atoms with E-state index in [-0.39, 0.29) is 18.3 Å². The molecule has 5 heteroatoms. The topological polar surface area (TPSA) is 36.3 Å². The normalized spacial score (nSPS) is 19.1. The fourth-order valence-electron chi connectivity index (χ4n) is 3.01. The Labute approximate surface area is 148 Å². The Morgan fingerprint density at radius 2 is 1.46 bits per heavy atom. The lowest BCUT2D eigenvalue weighted by Gasteiger charge is -2.32. The molecule has 0 amide bonds. The van der Waals surface area contributed by atoms with Crippen LogP contribution in [-0.4, -0.2) is 28.1 Å². The largest absolute Gasteiger partial charge is 0.498 e. The third kappa shape index (κ3) is 5.09. The summed E-state index contributed by atoms with van der Waals surface area (Å²) in [6.45, 7) is 11.6. The molecular weight excluding hydrogens is 299 g/mol. The molecule has 1 aromatic rings. The van der Waals surface area contributed by atoms with E-state index in [1.54, 1.807) is 0 Å². The molecule has 1 saturated heterocycles. The molecule has 4 nitrogen and oxygen atoms in total. The van der Waals surface area contributed by atoms with Gasteiger partial charge in [-0.2, -0.15) is 5.10 Å². The zero-order valence-electron chi connectivity index (χ0n) is 16.3. The summed E-state index contributed by atoms with van der Waals surface area (Å²) in [5, 5.41) is 4.47. The molecule has 24 heavy (non-hydrogen) atoms. The van der Waals surface area contributed by atoms with Gasteiger partial charge in [-0.3, -0.25) is 4.68 Å². The molecule has 0 radical (unpaired) electrons. The molecule has 0 aliphatic carbocycles. The lowest BCUT2D eigenvalue weighted by molar-refractivity contribution is 0.00578. The number of hydrogen-bond donors (Lipinski definition) is 0. The summed E-state index contributed by atoms with van der Waals surface area (Å²) >= 11 is 0. The number of unbranched alkanes of at least 4 members (excludes halogenated alkanes) is 7. The predicted molar refractivity (Wildman–Crippen MR) is 101 cm³/mol. The highest BCUT2D eigenvalue weighted by Gasteiger charge is 2.52. The molecule has 0 atom stereocenters. The molecule has 2 heterocycles. The minimum atomic E-state index is -0.303. The summed E-state index contributed by atoms with van der Waals surface area (Å²) in [5.41, 5.74) is 0.433. The van der Waals surface area contributed by atoms with Crippen molar-refractivity contribution in [3.05, 3.63) is 12.4 Å². The number of hydrogen-bond acceptors (Lipinski definition) is 3. The van der Waals surface area contributed by atoms with E-state index in [9.17, 15) is 0 Å². The third-order valence-electron chi connectivity index (χ3n) is 5.42. The van der Waals surface area contributed by atoms with Crippen molar-refractivity contribution >= 4 is 12.6 Å². The molecule has 0 unspecified atom stereocenters. The Hall–Kier alpha value is -0.805. The van der Waals surface area contributed by atoms with E-state index in [1.165, 1.54) is 51.4 Å². The predicted octanol–water partition coefficient (Wildman–Crippen LogP) is 4.32. The zero-order chi connectivity index (χ0) is 17.6. The van der Waals surface area contributed by atoms with Crippen molar-refractivity contribution in [3.8, 4) is 0 Å². The van der Waals surface area contributed by atoms with E-state index in [1.807, 2.05) is 10.9 Å². The summed E-state index contributed by atoms with van der Waals surface area (Å²) in [4.78, 5) is 0. The zero-order valence-corrected chi connectivity index (χ0v) is 16.3. The van der Waals surface area contributed by atoms with Gasteiger partial charge in [0, 0.05) is 24.4 Å². The minimum absolute atomic E-state index is 0.294. The van der Waals surface area contributed by atoms with Crippen molar-refractivity contribution in [2.75, 3.05) is 0 Å². The molecular formula is C19H35BN2O2.